The van der Waals surface area contributed by atoms with Gasteiger partial charge in [-0.05, 0) is 31.0 Å². The molecule has 20 heavy (non-hydrogen) atoms. The molecular weight excluding hydrogens is 286 g/mol. The molecule has 0 fully saturated rings. The summed E-state index contributed by atoms with van der Waals surface area (Å²) in [6.07, 6.45) is 0. The molecule has 1 rings (SSSR count). The summed E-state index contributed by atoms with van der Waals surface area (Å²) in [6.45, 7) is 3.47. The van der Waals surface area contributed by atoms with Crippen LogP contribution in [-0.2, 0) is 19.6 Å². The highest BCUT2D eigenvalue weighted by Crippen LogP contribution is 2.20. The topological polar surface area (TPSA) is 102 Å². The van der Waals surface area contributed by atoms with Crippen LogP contribution in [0.15, 0.2) is 17.0 Å². The van der Waals surface area contributed by atoms with Crippen molar-refractivity contribution in [1.29, 1.82) is 0 Å². The zero-order valence-corrected chi connectivity index (χ0v) is 12.3. The highest BCUT2D eigenvalue weighted by atomic mass is 32.2. The normalized spacial score (nSPS) is 11.6. The Balaban J connectivity index is 3.05. The monoisotopic (exact) mass is 303 g/mol. The molecule has 0 aliphatic rings. The van der Waals surface area contributed by atoms with Crippen LogP contribution >= 0.6 is 0 Å². The Bertz CT molecular complexity index is 596. The third kappa shape index (κ3) is 4.01. The summed E-state index contributed by atoms with van der Waals surface area (Å²) in [5.41, 5.74) is 0.873. The fourth-order valence-electron chi connectivity index (χ4n) is 1.64. The molecule has 0 atom stereocenters. The van der Waals surface area contributed by atoms with E-state index < -0.39 is 16.0 Å². The van der Waals surface area contributed by atoms with Gasteiger partial charge in [0.05, 0.1) is 23.7 Å². The summed E-state index contributed by atoms with van der Waals surface area (Å²) < 4.78 is 28.8. The fraction of sp³-hybridized carbons (Fsp3) is 0.417. The average molecular weight is 303 g/mol. The van der Waals surface area contributed by atoms with E-state index in [1.165, 1.54) is 13.2 Å². The molecule has 1 aromatic carbocycles. The van der Waals surface area contributed by atoms with Gasteiger partial charge in [0.1, 0.15) is 0 Å². The Hall–Kier alpha value is -1.48. The van der Waals surface area contributed by atoms with Gasteiger partial charge in [0.2, 0.25) is 0 Å². The van der Waals surface area contributed by atoms with E-state index in [1.54, 1.807) is 13.8 Å². The molecule has 0 aliphatic heterocycles. The minimum Gasteiger partial charge on any atom is -0.478 e. The van der Waals surface area contributed by atoms with Crippen molar-refractivity contribution in [2.24, 2.45) is 0 Å². The molecular formula is C12H17NO6S. The van der Waals surface area contributed by atoms with Crippen molar-refractivity contribution < 1.29 is 27.9 Å². The van der Waals surface area contributed by atoms with Crippen molar-refractivity contribution in [3.05, 3.63) is 28.8 Å². The quantitative estimate of drug-likeness (QED) is 0.572. The molecule has 0 amide bonds. The number of benzene rings is 1. The van der Waals surface area contributed by atoms with Crippen molar-refractivity contribution in [2.45, 2.75) is 18.7 Å². The number of sulfonamides is 1. The van der Waals surface area contributed by atoms with Crippen LogP contribution in [0.4, 0.5) is 0 Å². The van der Waals surface area contributed by atoms with Crippen LogP contribution in [-0.4, -0.2) is 39.8 Å². The highest BCUT2D eigenvalue weighted by Gasteiger charge is 2.20. The maximum Gasteiger partial charge on any atom is 0.335 e. The molecule has 0 heterocycles. The number of hydrogen-bond donors (Lipinski definition) is 2. The molecule has 1 aromatic rings. The second-order valence-electron chi connectivity index (χ2n) is 4.17. The number of ether oxygens (including phenoxy) is 1. The number of carboxylic acids is 1. The summed E-state index contributed by atoms with van der Waals surface area (Å²) in [7, 11) is -2.48. The van der Waals surface area contributed by atoms with Crippen LogP contribution in [0, 0.1) is 13.8 Å². The van der Waals surface area contributed by atoms with Crippen LogP contribution in [0.25, 0.3) is 0 Å². The predicted molar refractivity (Wildman–Crippen MR) is 71.0 cm³/mol. The second kappa shape index (κ2) is 6.80. The SMILES string of the molecule is COCCONS(=O)(=O)c1cc(C(=O)O)c(C)cc1C. The van der Waals surface area contributed by atoms with Crippen LogP contribution < -0.4 is 4.89 Å². The number of hydrogen-bond acceptors (Lipinski definition) is 5. The summed E-state index contributed by atoms with van der Waals surface area (Å²) in [4.78, 5) is 17.6. The lowest BCUT2D eigenvalue weighted by atomic mass is 10.1. The van der Waals surface area contributed by atoms with Gasteiger partial charge in [-0.3, -0.25) is 4.84 Å². The Morgan fingerprint density at radius 2 is 1.90 bits per heavy atom. The summed E-state index contributed by atoms with van der Waals surface area (Å²) in [5.74, 6) is -1.18. The first kappa shape index (κ1) is 16.6. The van der Waals surface area contributed by atoms with E-state index in [0.717, 1.165) is 6.07 Å². The molecule has 0 bridgehead atoms. The number of nitrogens with one attached hydrogen (secondary N) is 1. The van der Waals surface area contributed by atoms with Gasteiger partial charge < -0.3 is 9.84 Å². The van der Waals surface area contributed by atoms with E-state index in [9.17, 15) is 13.2 Å². The summed E-state index contributed by atoms with van der Waals surface area (Å²) in [5, 5.41) is 9.03. The van der Waals surface area contributed by atoms with Gasteiger partial charge in [-0.25, -0.2) is 13.2 Å². The van der Waals surface area contributed by atoms with Crippen molar-refractivity contribution in [3.63, 3.8) is 0 Å². The van der Waals surface area contributed by atoms with E-state index in [0.29, 0.717) is 11.1 Å². The zero-order valence-electron chi connectivity index (χ0n) is 11.5. The van der Waals surface area contributed by atoms with Crippen LogP contribution in [0.5, 0.6) is 0 Å². The molecule has 0 saturated heterocycles. The Kier molecular flexibility index (Phi) is 5.63. The highest BCUT2D eigenvalue weighted by molar-refractivity contribution is 7.89. The third-order valence-corrected chi connectivity index (χ3v) is 3.96. The number of aryl methyl sites for hydroxylation is 2. The standard InChI is InChI=1S/C12H17NO6S/c1-8-6-9(2)11(7-10(8)12(14)15)20(16,17)13-19-5-4-18-3/h6-7,13H,4-5H2,1-3H3,(H,14,15). The molecule has 7 nitrogen and oxygen atoms in total. The maximum atomic E-state index is 12.0. The van der Waals surface area contributed by atoms with E-state index in [2.05, 4.69) is 0 Å². The lowest BCUT2D eigenvalue weighted by molar-refractivity contribution is 0.0438. The van der Waals surface area contributed by atoms with Gasteiger partial charge in [0.25, 0.3) is 10.0 Å². The average Bonchev–Trinajstić information content (AvgIpc) is 2.33. The lowest BCUT2D eigenvalue weighted by Gasteiger charge is -2.11. The largest absolute Gasteiger partial charge is 0.478 e. The number of methoxy groups -OCH3 is 1. The molecule has 8 heteroatoms. The molecule has 0 aliphatic carbocycles. The molecule has 0 saturated carbocycles. The molecule has 0 spiro atoms. The molecule has 0 radical (unpaired) electrons. The van der Waals surface area contributed by atoms with E-state index >= 15 is 0 Å². The maximum absolute atomic E-state index is 12.0. The molecule has 0 unspecified atom stereocenters. The van der Waals surface area contributed by atoms with Crippen LogP contribution in [0.1, 0.15) is 21.5 Å². The van der Waals surface area contributed by atoms with E-state index in [1.807, 2.05) is 4.89 Å². The first-order valence-electron chi connectivity index (χ1n) is 5.76. The van der Waals surface area contributed by atoms with Crippen molar-refractivity contribution in [1.82, 2.24) is 4.89 Å². The van der Waals surface area contributed by atoms with Crippen LogP contribution in [0.2, 0.25) is 0 Å². The smallest absolute Gasteiger partial charge is 0.335 e. The Morgan fingerprint density at radius 3 is 2.45 bits per heavy atom. The second-order valence-corrected chi connectivity index (χ2v) is 5.78. The number of carbonyl (C=O) groups is 1. The Labute approximate surface area is 117 Å². The summed E-state index contributed by atoms with van der Waals surface area (Å²) >= 11 is 0. The molecule has 0 aromatic heterocycles. The first-order chi connectivity index (χ1) is 9.29. The van der Waals surface area contributed by atoms with Gasteiger partial charge in [-0.1, -0.05) is 11.0 Å². The van der Waals surface area contributed by atoms with E-state index in [4.69, 9.17) is 14.7 Å². The number of aromatic carboxylic acids is 1. The van der Waals surface area contributed by atoms with Gasteiger partial charge in [0.15, 0.2) is 0 Å². The van der Waals surface area contributed by atoms with Gasteiger partial charge in [-0.2, -0.15) is 0 Å². The number of rotatable bonds is 7. The van der Waals surface area contributed by atoms with Crippen LogP contribution in [0.3, 0.4) is 0 Å². The first-order valence-corrected chi connectivity index (χ1v) is 7.25. The van der Waals surface area contributed by atoms with Crippen molar-refractivity contribution in [2.75, 3.05) is 20.3 Å². The molecule has 2 N–H and O–H groups in total. The third-order valence-electron chi connectivity index (χ3n) is 2.60. The van der Waals surface area contributed by atoms with E-state index in [-0.39, 0.29) is 23.7 Å². The van der Waals surface area contributed by atoms with Gasteiger partial charge >= 0.3 is 5.97 Å². The molecule has 112 valence electrons. The zero-order chi connectivity index (χ0) is 15.3. The minimum atomic E-state index is -3.94. The lowest BCUT2D eigenvalue weighted by Crippen LogP contribution is -2.26. The van der Waals surface area contributed by atoms with Crippen molar-refractivity contribution in [3.8, 4) is 0 Å². The number of carboxylic acid groups (broad SMARTS) is 1. The fourth-order valence-corrected chi connectivity index (χ4v) is 2.73. The minimum absolute atomic E-state index is 0.0480. The summed E-state index contributed by atoms with van der Waals surface area (Å²) in [6, 6.07) is 2.63. The predicted octanol–water partition coefficient (Wildman–Crippen LogP) is 0.858. The van der Waals surface area contributed by atoms with Gasteiger partial charge in [0, 0.05) is 7.11 Å². The Morgan fingerprint density at radius 1 is 1.25 bits per heavy atom. The van der Waals surface area contributed by atoms with Gasteiger partial charge in [-0.15, -0.1) is 0 Å². The van der Waals surface area contributed by atoms with Crippen molar-refractivity contribution >= 4 is 16.0 Å².